The van der Waals surface area contributed by atoms with Crippen LogP contribution in [0.1, 0.15) is 48.8 Å². The summed E-state index contributed by atoms with van der Waals surface area (Å²) in [6, 6.07) is 17.2. The number of nitrogens with zero attached hydrogens (tertiary/aromatic N) is 1. The summed E-state index contributed by atoms with van der Waals surface area (Å²) in [5.74, 6) is 0. The highest BCUT2D eigenvalue weighted by atomic mass is 16.1. The van der Waals surface area contributed by atoms with E-state index in [4.69, 9.17) is 0 Å². The molecule has 0 spiro atoms. The van der Waals surface area contributed by atoms with Crippen LogP contribution in [-0.4, -0.2) is 6.41 Å². The highest BCUT2D eigenvalue weighted by molar-refractivity contribution is 5.79. The van der Waals surface area contributed by atoms with Crippen LogP contribution in [-0.2, 0) is 23.2 Å². The third-order valence-corrected chi connectivity index (χ3v) is 5.67. The highest BCUT2D eigenvalue weighted by Crippen LogP contribution is 2.45. The molecule has 2 heteroatoms. The first-order chi connectivity index (χ1) is 11.3. The van der Waals surface area contributed by atoms with Gasteiger partial charge in [-0.1, -0.05) is 49.2 Å². The predicted molar refractivity (Wildman–Crippen MR) is 93.6 cm³/mol. The zero-order valence-corrected chi connectivity index (χ0v) is 13.5. The third kappa shape index (κ3) is 2.37. The molecule has 2 aliphatic carbocycles. The first-order valence-corrected chi connectivity index (χ1v) is 8.75. The largest absolute Gasteiger partial charge is 0.305 e. The van der Waals surface area contributed by atoms with E-state index in [1.807, 2.05) is 11.0 Å². The van der Waals surface area contributed by atoms with E-state index in [0.29, 0.717) is 0 Å². The minimum Gasteiger partial charge on any atom is -0.305 e. The van der Waals surface area contributed by atoms with Crippen LogP contribution >= 0.6 is 0 Å². The van der Waals surface area contributed by atoms with Crippen molar-refractivity contribution in [2.24, 2.45) is 0 Å². The summed E-state index contributed by atoms with van der Waals surface area (Å²) in [5.41, 5.74) is 5.04. The van der Waals surface area contributed by atoms with Crippen LogP contribution in [0.3, 0.4) is 0 Å². The zero-order chi connectivity index (χ0) is 15.7. The molecule has 1 fully saturated rings. The number of benzene rings is 2. The summed E-state index contributed by atoms with van der Waals surface area (Å²) in [6.45, 7) is 0. The maximum Gasteiger partial charge on any atom is 0.214 e. The quantitative estimate of drug-likeness (QED) is 0.756. The van der Waals surface area contributed by atoms with E-state index in [-0.39, 0.29) is 5.54 Å². The molecular weight excluding hydrogens is 282 g/mol. The smallest absolute Gasteiger partial charge is 0.214 e. The minimum atomic E-state index is -0.171. The van der Waals surface area contributed by atoms with E-state index >= 15 is 0 Å². The monoisotopic (exact) mass is 305 g/mol. The first-order valence-electron chi connectivity index (χ1n) is 8.75. The summed E-state index contributed by atoms with van der Waals surface area (Å²) in [4.78, 5) is 14.1. The first kappa shape index (κ1) is 14.5. The standard InChI is InChI=1S/C21H23NO/c23-16-22(20-12-11-17-7-6-8-18(17)15-20)21(13-4-5-14-21)19-9-2-1-3-10-19/h1-3,9-12,15-16H,4-8,13-14H2. The molecule has 2 aliphatic rings. The van der Waals surface area contributed by atoms with Gasteiger partial charge in [-0.3, -0.25) is 4.79 Å². The second kappa shape index (κ2) is 5.84. The Kier molecular flexibility index (Phi) is 3.68. The maximum absolute atomic E-state index is 12.1. The molecule has 4 rings (SSSR count). The minimum absolute atomic E-state index is 0.171. The molecule has 118 valence electrons. The van der Waals surface area contributed by atoms with Crippen LogP contribution < -0.4 is 4.90 Å². The lowest BCUT2D eigenvalue weighted by Gasteiger charge is -2.39. The number of hydrogen-bond acceptors (Lipinski definition) is 1. The molecule has 1 saturated carbocycles. The summed E-state index contributed by atoms with van der Waals surface area (Å²) < 4.78 is 0. The Balaban J connectivity index is 1.79. The fourth-order valence-corrected chi connectivity index (χ4v) is 4.49. The van der Waals surface area contributed by atoms with Crippen molar-refractivity contribution in [3.63, 3.8) is 0 Å². The summed E-state index contributed by atoms with van der Waals surface area (Å²) >= 11 is 0. The number of fused-ring (bicyclic) bond motifs is 1. The molecule has 0 aliphatic heterocycles. The van der Waals surface area contributed by atoms with Crippen molar-refractivity contribution in [3.05, 3.63) is 65.2 Å². The second-order valence-corrected chi connectivity index (χ2v) is 6.89. The van der Waals surface area contributed by atoms with Crippen LogP contribution in [0.5, 0.6) is 0 Å². The number of anilines is 1. The van der Waals surface area contributed by atoms with Gasteiger partial charge in [-0.05, 0) is 60.9 Å². The van der Waals surface area contributed by atoms with Crippen molar-refractivity contribution in [1.82, 2.24) is 0 Å². The van der Waals surface area contributed by atoms with Gasteiger partial charge in [-0.15, -0.1) is 0 Å². The SMILES string of the molecule is O=CN(c1ccc2c(c1)CCC2)C1(c2ccccc2)CCCC1. The lowest BCUT2D eigenvalue weighted by molar-refractivity contribution is -0.108. The Bertz CT molecular complexity index is 701. The van der Waals surface area contributed by atoms with Crippen molar-refractivity contribution >= 4 is 12.1 Å². The average molecular weight is 305 g/mol. The van der Waals surface area contributed by atoms with Crippen LogP contribution in [0.4, 0.5) is 5.69 Å². The van der Waals surface area contributed by atoms with Gasteiger partial charge in [0.05, 0.1) is 5.54 Å². The van der Waals surface area contributed by atoms with E-state index in [0.717, 1.165) is 31.4 Å². The molecule has 23 heavy (non-hydrogen) atoms. The Morgan fingerprint density at radius 3 is 2.35 bits per heavy atom. The van der Waals surface area contributed by atoms with Crippen molar-refractivity contribution in [2.75, 3.05) is 4.90 Å². The van der Waals surface area contributed by atoms with Gasteiger partial charge in [0.2, 0.25) is 6.41 Å². The molecule has 0 unspecified atom stereocenters. The Hall–Kier alpha value is -2.09. The molecule has 2 nitrogen and oxygen atoms in total. The topological polar surface area (TPSA) is 20.3 Å². The molecule has 0 heterocycles. The number of rotatable bonds is 4. The van der Waals surface area contributed by atoms with Gasteiger partial charge in [0, 0.05) is 5.69 Å². The number of carbonyl (C=O) groups is 1. The van der Waals surface area contributed by atoms with Crippen molar-refractivity contribution in [2.45, 2.75) is 50.5 Å². The van der Waals surface area contributed by atoms with Gasteiger partial charge < -0.3 is 4.90 Å². The number of hydrogen-bond donors (Lipinski definition) is 0. The summed E-state index contributed by atoms with van der Waals surface area (Å²) in [6.07, 6.45) is 9.08. The normalized spacial score (nSPS) is 18.6. The fraction of sp³-hybridized carbons (Fsp3) is 0.381. The van der Waals surface area contributed by atoms with Crippen LogP contribution in [0, 0.1) is 0 Å². The van der Waals surface area contributed by atoms with Crippen molar-refractivity contribution in [3.8, 4) is 0 Å². The molecule has 0 aromatic heterocycles. The predicted octanol–water partition coefficient (Wildman–Crippen LogP) is 4.61. The van der Waals surface area contributed by atoms with Gasteiger partial charge in [0.15, 0.2) is 0 Å². The van der Waals surface area contributed by atoms with Crippen LogP contribution in [0.15, 0.2) is 48.5 Å². The van der Waals surface area contributed by atoms with E-state index < -0.39 is 0 Å². The maximum atomic E-state index is 12.1. The van der Waals surface area contributed by atoms with Crippen molar-refractivity contribution < 1.29 is 4.79 Å². The average Bonchev–Trinajstić information content (AvgIpc) is 3.26. The van der Waals surface area contributed by atoms with Gasteiger partial charge in [0.1, 0.15) is 0 Å². The molecule has 0 bridgehead atoms. The van der Waals surface area contributed by atoms with Gasteiger partial charge >= 0.3 is 0 Å². The lowest BCUT2D eigenvalue weighted by atomic mass is 9.86. The Morgan fingerprint density at radius 1 is 0.870 bits per heavy atom. The van der Waals surface area contributed by atoms with E-state index in [2.05, 4.69) is 42.5 Å². The zero-order valence-electron chi connectivity index (χ0n) is 13.5. The number of aryl methyl sites for hydroxylation is 2. The molecular formula is C21H23NO. The second-order valence-electron chi connectivity index (χ2n) is 6.89. The fourth-order valence-electron chi connectivity index (χ4n) is 4.49. The molecule has 2 aromatic rings. The Labute approximate surface area is 138 Å². The van der Waals surface area contributed by atoms with Gasteiger partial charge in [-0.2, -0.15) is 0 Å². The molecule has 1 amide bonds. The molecule has 0 atom stereocenters. The summed E-state index contributed by atoms with van der Waals surface area (Å²) in [7, 11) is 0. The van der Waals surface area contributed by atoms with E-state index in [1.54, 1.807) is 0 Å². The number of carbonyl (C=O) groups excluding carboxylic acids is 1. The number of amides is 1. The molecule has 0 N–H and O–H groups in total. The third-order valence-electron chi connectivity index (χ3n) is 5.67. The van der Waals surface area contributed by atoms with Gasteiger partial charge in [0.25, 0.3) is 0 Å². The summed E-state index contributed by atoms with van der Waals surface area (Å²) in [5, 5.41) is 0. The van der Waals surface area contributed by atoms with E-state index in [9.17, 15) is 4.79 Å². The van der Waals surface area contributed by atoms with Crippen LogP contribution in [0.2, 0.25) is 0 Å². The molecule has 2 aromatic carbocycles. The van der Waals surface area contributed by atoms with Crippen molar-refractivity contribution in [1.29, 1.82) is 0 Å². The lowest BCUT2D eigenvalue weighted by Crippen LogP contribution is -2.43. The molecule has 0 saturated heterocycles. The Morgan fingerprint density at radius 2 is 1.61 bits per heavy atom. The van der Waals surface area contributed by atoms with Crippen LogP contribution in [0.25, 0.3) is 0 Å². The van der Waals surface area contributed by atoms with Gasteiger partial charge in [-0.25, -0.2) is 0 Å². The van der Waals surface area contributed by atoms with E-state index in [1.165, 1.54) is 42.4 Å². The molecule has 0 radical (unpaired) electrons. The highest BCUT2D eigenvalue weighted by Gasteiger charge is 2.41.